The number of rotatable bonds is 4. The number of aromatic nitrogens is 2. The highest BCUT2D eigenvalue weighted by Crippen LogP contribution is 2.48. The zero-order valence-electron chi connectivity index (χ0n) is 15.2. The molecule has 1 aromatic carbocycles. The first-order chi connectivity index (χ1) is 12.6. The van der Waals surface area contributed by atoms with Crippen molar-refractivity contribution in [3.05, 3.63) is 53.9 Å². The summed E-state index contributed by atoms with van der Waals surface area (Å²) in [6.07, 6.45) is 2.50. The van der Waals surface area contributed by atoms with E-state index in [0.29, 0.717) is 31.6 Å². The van der Waals surface area contributed by atoms with Gasteiger partial charge in [0.05, 0.1) is 18.8 Å². The summed E-state index contributed by atoms with van der Waals surface area (Å²) < 4.78 is 5.89. The number of nitrogens with zero attached hydrogens (tertiary/aromatic N) is 4. The van der Waals surface area contributed by atoms with E-state index in [4.69, 9.17) is 4.74 Å². The smallest absolute Gasteiger partial charge is 0.226 e. The van der Waals surface area contributed by atoms with Crippen LogP contribution < -0.4 is 4.90 Å². The standard InChI is InChI=1S/C20H24N4O2/c1-23(2)20-21-9-8-17(22-20)18-13-24(10-11-26-18)19(25)16-12-15(16)14-6-4-3-5-7-14/h3-9,15-16,18H,10-13H2,1-2H3/t15-,16-,18+/m1/s1. The highest BCUT2D eigenvalue weighted by molar-refractivity contribution is 5.83. The van der Waals surface area contributed by atoms with Gasteiger partial charge in [0, 0.05) is 32.8 Å². The third-order valence-corrected chi connectivity index (χ3v) is 5.11. The molecule has 2 aliphatic rings. The lowest BCUT2D eigenvalue weighted by Crippen LogP contribution is -2.43. The number of carbonyl (C=O) groups excluding carboxylic acids is 1. The first-order valence-electron chi connectivity index (χ1n) is 9.09. The van der Waals surface area contributed by atoms with Gasteiger partial charge < -0.3 is 14.5 Å². The van der Waals surface area contributed by atoms with Crippen molar-refractivity contribution in [3.63, 3.8) is 0 Å². The Morgan fingerprint density at radius 2 is 2.04 bits per heavy atom. The van der Waals surface area contributed by atoms with Crippen LogP contribution in [-0.4, -0.2) is 54.6 Å². The number of amides is 1. The van der Waals surface area contributed by atoms with E-state index in [9.17, 15) is 4.79 Å². The zero-order chi connectivity index (χ0) is 18.1. The van der Waals surface area contributed by atoms with Crippen molar-refractivity contribution in [3.8, 4) is 0 Å². The van der Waals surface area contributed by atoms with Crippen LogP contribution >= 0.6 is 0 Å². The lowest BCUT2D eigenvalue weighted by molar-refractivity contribution is -0.140. The quantitative estimate of drug-likeness (QED) is 0.845. The maximum Gasteiger partial charge on any atom is 0.226 e. The van der Waals surface area contributed by atoms with Crippen molar-refractivity contribution < 1.29 is 9.53 Å². The molecule has 2 fully saturated rings. The molecule has 1 aliphatic heterocycles. The predicted molar refractivity (Wildman–Crippen MR) is 98.9 cm³/mol. The van der Waals surface area contributed by atoms with E-state index < -0.39 is 0 Å². The Morgan fingerprint density at radius 3 is 2.81 bits per heavy atom. The number of ether oxygens (including phenoxy) is 1. The number of carbonyl (C=O) groups is 1. The molecule has 1 aliphatic carbocycles. The largest absolute Gasteiger partial charge is 0.368 e. The number of anilines is 1. The molecule has 3 atom stereocenters. The van der Waals surface area contributed by atoms with Crippen LogP contribution in [0, 0.1) is 5.92 Å². The Balaban J connectivity index is 1.43. The number of hydrogen-bond donors (Lipinski definition) is 0. The third kappa shape index (κ3) is 3.42. The Morgan fingerprint density at radius 1 is 1.23 bits per heavy atom. The molecular weight excluding hydrogens is 328 g/mol. The van der Waals surface area contributed by atoms with E-state index in [1.807, 2.05) is 48.2 Å². The fourth-order valence-corrected chi connectivity index (χ4v) is 3.56. The van der Waals surface area contributed by atoms with Crippen LogP contribution in [0.1, 0.15) is 29.7 Å². The average Bonchev–Trinajstić information content (AvgIpc) is 3.49. The van der Waals surface area contributed by atoms with Gasteiger partial charge >= 0.3 is 0 Å². The van der Waals surface area contributed by atoms with E-state index >= 15 is 0 Å². The number of benzene rings is 1. The van der Waals surface area contributed by atoms with Crippen molar-refractivity contribution in [2.45, 2.75) is 18.4 Å². The summed E-state index contributed by atoms with van der Waals surface area (Å²) in [4.78, 5) is 25.5. The second kappa shape index (κ2) is 7.03. The van der Waals surface area contributed by atoms with Crippen LogP contribution in [0.3, 0.4) is 0 Å². The molecule has 136 valence electrons. The molecule has 6 heteroatoms. The van der Waals surface area contributed by atoms with Crippen LogP contribution in [0.15, 0.2) is 42.6 Å². The summed E-state index contributed by atoms with van der Waals surface area (Å²) in [5.41, 5.74) is 2.10. The normalized spacial score (nSPS) is 25.0. The molecule has 4 rings (SSSR count). The van der Waals surface area contributed by atoms with Crippen molar-refractivity contribution in [1.29, 1.82) is 0 Å². The minimum Gasteiger partial charge on any atom is -0.368 e. The van der Waals surface area contributed by atoms with Gasteiger partial charge in [0.1, 0.15) is 6.10 Å². The average molecular weight is 352 g/mol. The number of morpholine rings is 1. The second-order valence-corrected chi connectivity index (χ2v) is 7.18. The maximum atomic E-state index is 12.9. The van der Waals surface area contributed by atoms with Crippen LogP contribution in [0.25, 0.3) is 0 Å². The lowest BCUT2D eigenvalue weighted by atomic mass is 10.1. The van der Waals surface area contributed by atoms with Crippen LogP contribution in [0.4, 0.5) is 5.95 Å². The molecular formula is C20H24N4O2. The van der Waals surface area contributed by atoms with Gasteiger partial charge in [-0.05, 0) is 24.0 Å². The van der Waals surface area contributed by atoms with Gasteiger partial charge in [0.15, 0.2) is 0 Å². The Kier molecular flexibility index (Phi) is 4.59. The fraction of sp³-hybridized carbons (Fsp3) is 0.450. The molecule has 0 radical (unpaired) electrons. The summed E-state index contributed by atoms with van der Waals surface area (Å²) >= 11 is 0. The Bertz CT molecular complexity index is 780. The molecule has 0 bridgehead atoms. The molecule has 0 N–H and O–H groups in total. The predicted octanol–water partition coefficient (Wildman–Crippen LogP) is 2.25. The molecule has 1 amide bonds. The summed E-state index contributed by atoms with van der Waals surface area (Å²) in [7, 11) is 3.82. The number of hydrogen-bond acceptors (Lipinski definition) is 5. The summed E-state index contributed by atoms with van der Waals surface area (Å²) in [6.45, 7) is 1.75. The first kappa shape index (κ1) is 17.0. The van der Waals surface area contributed by atoms with Gasteiger partial charge in [-0.15, -0.1) is 0 Å². The molecule has 2 heterocycles. The monoisotopic (exact) mass is 352 g/mol. The van der Waals surface area contributed by atoms with Crippen molar-refractivity contribution in [1.82, 2.24) is 14.9 Å². The summed E-state index contributed by atoms with van der Waals surface area (Å²) in [5, 5.41) is 0. The molecule has 1 aromatic heterocycles. The molecule has 1 saturated carbocycles. The molecule has 0 unspecified atom stereocenters. The zero-order valence-corrected chi connectivity index (χ0v) is 15.2. The van der Waals surface area contributed by atoms with E-state index in [2.05, 4.69) is 22.1 Å². The minimum absolute atomic E-state index is 0.110. The van der Waals surface area contributed by atoms with Gasteiger partial charge in [0.2, 0.25) is 11.9 Å². The summed E-state index contributed by atoms with van der Waals surface area (Å²) in [5.74, 6) is 1.37. The Hall–Kier alpha value is -2.47. The van der Waals surface area contributed by atoms with E-state index in [1.165, 1.54) is 5.56 Å². The van der Waals surface area contributed by atoms with Gasteiger partial charge in [-0.25, -0.2) is 9.97 Å². The highest BCUT2D eigenvalue weighted by atomic mass is 16.5. The molecule has 6 nitrogen and oxygen atoms in total. The lowest BCUT2D eigenvalue weighted by Gasteiger charge is -2.33. The van der Waals surface area contributed by atoms with Gasteiger partial charge in [-0.1, -0.05) is 30.3 Å². The first-order valence-corrected chi connectivity index (χ1v) is 9.09. The maximum absolute atomic E-state index is 12.9. The van der Waals surface area contributed by atoms with Crippen LogP contribution in [0.5, 0.6) is 0 Å². The van der Waals surface area contributed by atoms with Crippen LogP contribution in [-0.2, 0) is 9.53 Å². The second-order valence-electron chi connectivity index (χ2n) is 7.18. The van der Waals surface area contributed by atoms with Gasteiger partial charge in [-0.2, -0.15) is 0 Å². The van der Waals surface area contributed by atoms with Gasteiger partial charge in [-0.3, -0.25) is 4.79 Å². The van der Waals surface area contributed by atoms with E-state index in [1.54, 1.807) is 6.20 Å². The third-order valence-electron chi connectivity index (χ3n) is 5.11. The molecule has 2 aromatic rings. The van der Waals surface area contributed by atoms with Crippen molar-refractivity contribution >= 4 is 11.9 Å². The van der Waals surface area contributed by atoms with E-state index in [-0.39, 0.29) is 17.9 Å². The summed E-state index contributed by atoms with van der Waals surface area (Å²) in [6, 6.07) is 12.2. The van der Waals surface area contributed by atoms with Crippen molar-refractivity contribution in [2.24, 2.45) is 5.92 Å². The fourth-order valence-electron chi connectivity index (χ4n) is 3.56. The molecule has 26 heavy (non-hydrogen) atoms. The van der Waals surface area contributed by atoms with Crippen molar-refractivity contribution in [2.75, 3.05) is 38.7 Å². The van der Waals surface area contributed by atoms with Gasteiger partial charge in [0.25, 0.3) is 0 Å². The highest BCUT2D eigenvalue weighted by Gasteiger charge is 2.46. The van der Waals surface area contributed by atoms with Crippen LogP contribution in [0.2, 0.25) is 0 Å². The molecule has 0 spiro atoms. The molecule has 1 saturated heterocycles. The Labute approximate surface area is 153 Å². The minimum atomic E-state index is -0.191. The SMILES string of the molecule is CN(C)c1nccc([C@@H]2CN(C(=O)[C@@H]3C[C@@H]3c3ccccc3)CCO2)n1. The topological polar surface area (TPSA) is 58.6 Å². The van der Waals surface area contributed by atoms with E-state index in [0.717, 1.165) is 12.1 Å².